The van der Waals surface area contributed by atoms with Crippen LogP contribution in [0.4, 0.5) is 0 Å². The summed E-state index contributed by atoms with van der Waals surface area (Å²) in [6.45, 7) is 2.75. The molecular formula is C17H23NO3. The van der Waals surface area contributed by atoms with Crippen LogP contribution in [-0.2, 0) is 11.2 Å². The molecule has 0 bridgehead atoms. The third-order valence-corrected chi connectivity index (χ3v) is 4.85. The number of Topliss-reactive ketones (excluding diaryl/α,β-unsaturated/α-hetero) is 1. The highest BCUT2D eigenvalue weighted by Gasteiger charge is 2.39. The van der Waals surface area contributed by atoms with E-state index in [1.54, 1.807) is 6.07 Å². The van der Waals surface area contributed by atoms with Crippen molar-refractivity contribution >= 4 is 11.7 Å². The Labute approximate surface area is 125 Å². The van der Waals surface area contributed by atoms with E-state index in [0.717, 1.165) is 50.8 Å². The minimum absolute atomic E-state index is 0.0458. The fourth-order valence-corrected chi connectivity index (χ4v) is 3.70. The van der Waals surface area contributed by atoms with Crippen molar-refractivity contribution in [3.63, 3.8) is 0 Å². The molecule has 3 rings (SSSR count). The van der Waals surface area contributed by atoms with Gasteiger partial charge in [-0.1, -0.05) is 13.3 Å². The molecule has 2 atom stereocenters. The van der Waals surface area contributed by atoms with Gasteiger partial charge in [0.2, 0.25) is 0 Å². The van der Waals surface area contributed by atoms with Crippen LogP contribution >= 0.6 is 0 Å². The second kappa shape index (κ2) is 6.04. The number of hydrogen-bond donors (Lipinski definition) is 0. The first-order valence-corrected chi connectivity index (χ1v) is 8.13. The van der Waals surface area contributed by atoms with E-state index >= 15 is 0 Å². The lowest BCUT2D eigenvalue weighted by atomic mass is 9.82. The van der Waals surface area contributed by atoms with E-state index in [0.29, 0.717) is 18.0 Å². The quantitative estimate of drug-likeness (QED) is 0.858. The van der Waals surface area contributed by atoms with Gasteiger partial charge in [0.25, 0.3) is 5.91 Å². The van der Waals surface area contributed by atoms with E-state index in [1.165, 1.54) is 0 Å². The summed E-state index contributed by atoms with van der Waals surface area (Å²) in [5.41, 5.74) is 0. The summed E-state index contributed by atoms with van der Waals surface area (Å²) < 4.78 is 5.59. The Balaban J connectivity index is 1.76. The zero-order chi connectivity index (χ0) is 14.8. The maximum absolute atomic E-state index is 12.7. The summed E-state index contributed by atoms with van der Waals surface area (Å²) >= 11 is 0. The molecule has 0 N–H and O–H groups in total. The van der Waals surface area contributed by atoms with Crippen LogP contribution in [0.25, 0.3) is 0 Å². The van der Waals surface area contributed by atoms with Crippen LogP contribution in [0, 0.1) is 5.92 Å². The van der Waals surface area contributed by atoms with Gasteiger partial charge in [0.05, 0.1) is 0 Å². The van der Waals surface area contributed by atoms with Crippen molar-refractivity contribution in [2.24, 2.45) is 5.92 Å². The first-order chi connectivity index (χ1) is 10.2. The molecule has 1 aliphatic carbocycles. The Morgan fingerprint density at radius 2 is 2.14 bits per heavy atom. The fraction of sp³-hybridized carbons (Fsp3) is 0.647. The van der Waals surface area contributed by atoms with Gasteiger partial charge in [-0.3, -0.25) is 9.59 Å². The standard InChI is InChI=1S/C17H23NO3/c1-2-12-9-10-16(21-12)17(20)18-11-5-7-14(18)13-6-3-4-8-15(13)19/h9-10,13-14H,2-8,11H2,1H3. The second-order valence-electron chi connectivity index (χ2n) is 6.15. The number of amides is 1. The number of nitrogens with zero attached hydrogens (tertiary/aromatic N) is 1. The molecule has 1 saturated heterocycles. The maximum atomic E-state index is 12.7. The first-order valence-electron chi connectivity index (χ1n) is 8.13. The zero-order valence-electron chi connectivity index (χ0n) is 12.6. The smallest absolute Gasteiger partial charge is 0.289 e. The van der Waals surface area contributed by atoms with Crippen molar-refractivity contribution in [3.05, 3.63) is 23.7 Å². The van der Waals surface area contributed by atoms with Gasteiger partial charge in [-0.2, -0.15) is 0 Å². The average Bonchev–Trinajstić information content (AvgIpc) is 3.16. The number of aryl methyl sites for hydroxylation is 1. The lowest BCUT2D eigenvalue weighted by Gasteiger charge is -2.32. The lowest BCUT2D eigenvalue weighted by Crippen LogP contribution is -2.43. The Kier molecular flexibility index (Phi) is 4.13. The van der Waals surface area contributed by atoms with Crippen LogP contribution in [0.2, 0.25) is 0 Å². The molecule has 0 aromatic carbocycles. The van der Waals surface area contributed by atoms with E-state index in [9.17, 15) is 9.59 Å². The van der Waals surface area contributed by atoms with E-state index in [1.807, 2.05) is 17.9 Å². The summed E-state index contributed by atoms with van der Waals surface area (Å²) in [5.74, 6) is 1.60. The van der Waals surface area contributed by atoms with Gasteiger partial charge in [0.1, 0.15) is 11.5 Å². The molecule has 2 fully saturated rings. The van der Waals surface area contributed by atoms with Gasteiger partial charge >= 0.3 is 0 Å². The van der Waals surface area contributed by atoms with E-state index in [2.05, 4.69) is 0 Å². The van der Waals surface area contributed by atoms with E-state index in [-0.39, 0.29) is 17.9 Å². The Bertz CT molecular complexity index is 534. The summed E-state index contributed by atoms with van der Waals surface area (Å²) in [4.78, 5) is 26.7. The minimum atomic E-state index is -0.0458. The van der Waals surface area contributed by atoms with Gasteiger partial charge < -0.3 is 9.32 Å². The van der Waals surface area contributed by atoms with Crippen LogP contribution in [0.5, 0.6) is 0 Å². The van der Waals surface area contributed by atoms with Crippen LogP contribution in [-0.4, -0.2) is 29.2 Å². The van der Waals surface area contributed by atoms with Crippen molar-refractivity contribution < 1.29 is 14.0 Å². The monoisotopic (exact) mass is 289 g/mol. The SMILES string of the molecule is CCc1ccc(C(=O)N2CCCC2C2CCCCC2=O)o1. The van der Waals surface area contributed by atoms with Crippen molar-refractivity contribution in [1.29, 1.82) is 0 Å². The van der Waals surface area contributed by atoms with Crippen molar-refractivity contribution in [3.8, 4) is 0 Å². The minimum Gasteiger partial charge on any atom is -0.456 e. The molecule has 1 amide bonds. The largest absolute Gasteiger partial charge is 0.456 e. The number of likely N-dealkylation sites (tertiary alicyclic amines) is 1. The highest BCUT2D eigenvalue weighted by molar-refractivity contribution is 5.92. The van der Waals surface area contributed by atoms with Crippen LogP contribution in [0.1, 0.15) is 61.8 Å². The van der Waals surface area contributed by atoms with Gasteiger partial charge in [-0.25, -0.2) is 0 Å². The van der Waals surface area contributed by atoms with Gasteiger partial charge in [-0.15, -0.1) is 0 Å². The fourth-order valence-electron chi connectivity index (χ4n) is 3.70. The summed E-state index contributed by atoms with van der Waals surface area (Å²) in [6.07, 6.45) is 6.46. The van der Waals surface area contributed by atoms with Crippen molar-refractivity contribution in [2.75, 3.05) is 6.54 Å². The number of carbonyl (C=O) groups is 2. The molecule has 2 heterocycles. The predicted molar refractivity (Wildman–Crippen MR) is 79.1 cm³/mol. The highest BCUT2D eigenvalue weighted by atomic mass is 16.4. The van der Waals surface area contributed by atoms with Crippen LogP contribution in [0.3, 0.4) is 0 Å². The summed E-state index contributed by atoms with van der Waals surface area (Å²) in [6, 6.07) is 3.71. The zero-order valence-corrected chi connectivity index (χ0v) is 12.6. The molecule has 2 unspecified atom stereocenters. The Morgan fingerprint density at radius 1 is 1.29 bits per heavy atom. The van der Waals surface area contributed by atoms with Gasteiger partial charge in [0, 0.05) is 31.3 Å². The van der Waals surface area contributed by atoms with Crippen LogP contribution in [0.15, 0.2) is 16.5 Å². The molecule has 0 radical (unpaired) electrons. The number of hydrogen-bond acceptors (Lipinski definition) is 3. The maximum Gasteiger partial charge on any atom is 0.289 e. The van der Waals surface area contributed by atoms with Crippen molar-refractivity contribution in [1.82, 2.24) is 4.90 Å². The molecule has 0 spiro atoms. The number of rotatable bonds is 3. The first kappa shape index (κ1) is 14.4. The van der Waals surface area contributed by atoms with Gasteiger partial charge in [-0.05, 0) is 37.8 Å². The predicted octanol–water partition coefficient (Wildman–Crippen LogP) is 3.21. The molecular weight excluding hydrogens is 266 g/mol. The molecule has 2 aliphatic rings. The van der Waals surface area contributed by atoms with Crippen LogP contribution < -0.4 is 0 Å². The molecule has 1 saturated carbocycles. The summed E-state index contributed by atoms with van der Waals surface area (Å²) in [5, 5.41) is 0. The van der Waals surface area contributed by atoms with E-state index in [4.69, 9.17) is 4.42 Å². The number of carbonyl (C=O) groups excluding carboxylic acids is 2. The molecule has 1 aromatic heterocycles. The Hall–Kier alpha value is -1.58. The number of ketones is 1. The average molecular weight is 289 g/mol. The molecule has 21 heavy (non-hydrogen) atoms. The Morgan fingerprint density at radius 3 is 2.86 bits per heavy atom. The third kappa shape index (κ3) is 2.76. The molecule has 4 nitrogen and oxygen atoms in total. The normalized spacial score (nSPS) is 26.3. The lowest BCUT2D eigenvalue weighted by molar-refractivity contribution is -0.126. The molecule has 4 heteroatoms. The highest BCUT2D eigenvalue weighted by Crippen LogP contribution is 2.33. The summed E-state index contributed by atoms with van der Waals surface area (Å²) in [7, 11) is 0. The second-order valence-corrected chi connectivity index (χ2v) is 6.15. The molecule has 1 aliphatic heterocycles. The number of furan rings is 1. The third-order valence-electron chi connectivity index (χ3n) is 4.85. The van der Waals surface area contributed by atoms with E-state index < -0.39 is 0 Å². The topological polar surface area (TPSA) is 50.5 Å². The molecule has 114 valence electrons. The van der Waals surface area contributed by atoms with Gasteiger partial charge in [0.15, 0.2) is 5.76 Å². The molecule has 1 aromatic rings. The van der Waals surface area contributed by atoms with Crippen molar-refractivity contribution in [2.45, 2.75) is 57.9 Å².